The summed E-state index contributed by atoms with van der Waals surface area (Å²) in [4.78, 5) is 17.4. The van der Waals surface area contributed by atoms with Crippen molar-refractivity contribution in [1.82, 2.24) is 9.97 Å². The second-order valence-electron chi connectivity index (χ2n) is 3.17. The van der Waals surface area contributed by atoms with E-state index in [4.69, 9.17) is 5.73 Å². The first-order chi connectivity index (χ1) is 7.04. The number of nitro groups is 1. The van der Waals surface area contributed by atoms with E-state index in [1.54, 1.807) is 0 Å². The smallest absolute Gasteiger partial charge is 0.329 e. The molecule has 0 radical (unpaired) electrons. The normalized spacial score (nSPS) is 12.1. The van der Waals surface area contributed by atoms with E-state index in [0.29, 0.717) is 5.95 Å². The average molecular weight is 211 g/mol. The minimum atomic E-state index is -0.609. The molecule has 1 heterocycles. The molecule has 1 atom stereocenters. The van der Waals surface area contributed by atoms with Crippen LogP contribution in [0.15, 0.2) is 6.20 Å². The number of nitrogens with two attached hydrogens (primary N) is 1. The zero-order valence-electron chi connectivity index (χ0n) is 8.60. The summed E-state index contributed by atoms with van der Waals surface area (Å²) < 4.78 is 0. The topological polar surface area (TPSA) is 107 Å². The summed E-state index contributed by atoms with van der Waals surface area (Å²) in [6.07, 6.45) is 2.01. The van der Waals surface area contributed by atoms with Gasteiger partial charge in [-0.2, -0.15) is 4.98 Å². The molecule has 0 aromatic carbocycles. The van der Waals surface area contributed by atoms with E-state index >= 15 is 0 Å². The molecule has 3 N–H and O–H groups in total. The van der Waals surface area contributed by atoms with Crippen LogP contribution in [0.3, 0.4) is 0 Å². The monoisotopic (exact) mass is 211 g/mol. The molecule has 1 aromatic rings. The average Bonchev–Trinajstić information content (AvgIpc) is 2.17. The van der Waals surface area contributed by atoms with Crippen molar-refractivity contribution in [3.8, 4) is 0 Å². The quantitative estimate of drug-likeness (QED) is 0.572. The van der Waals surface area contributed by atoms with Gasteiger partial charge in [-0.25, -0.2) is 4.98 Å². The second-order valence-corrected chi connectivity index (χ2v) is 3.17. The van der Waals surface area contributed by atoms with Gasteiger partial charge in [0.2, 0.25) is 11.8 Å². The third-order valence-corrected chi connectivity index (χ3v) is 1.98. The van der Waals surface area contributed by atoms with Crippen molar-refractivity contribution >= 4 is 17.5 Å². The van der Waals surface area contributed by atoms with Crippen LogP contribution in [0.5, 0.6) is 0 Å². The minimum absolute atomic E-state index is 0.124. The minimum Gasteiger partial charge on any atom is -0.378 e. The summed E-state index contributed by atoms with van der Waals surface area (Å²) in [6.45, 7) is 3.97. The molecule has 0 aliphatic rings. The lowest BCUT2D eigenvalue weighted by Crippen LogP contribution is -2.16. The third-order valence-electron chi connectivity index (χ3n) is 1.98. The maximum atomic E-state index is 10.4. The van der Waals surface area contributed by atoms with E-state index in [2.05, 4.69) is 15.3 Å². The summed E-state index contributed by atoms with van der Waals surface area (Å²) in [5.41, 5.74) is 5.13. The van der Waals surface area contributed by atoms with Crippen molar-refractivity contribution in [2.24, 2.45) is 0 Å². The number of aromatic nitrogens is 2. The first-order valence-corrected chi connectivity index (χ1v) is 4.58. The molecule has 7 heteroatoms. The molecule has 0 bridgehead atoms. The van der Waals surface area contributed by atoms with Crippen LogP contribution in [-0.2, 0) is 0 Å². The van der Waals surface area contributed by atoms with E-state index in [9.17, 15) is 10.1 Å². The Hall–Kier alpha value is -1.92. The van der Waals surface area contributed by atoms with Gasteiger partial charge in [0, 0.05) is 6.04 Å². The van der Waals surface area contributed by atoms with Crippen LogP contribution in [0, 0.1) is 10.1 Å². The second kappa shape index (κ2) is 4.54. The van der Waals surface area contributed by atoms with Crippen LogP contribution in [0.4, 0.5) is 17.5 Å². The Labute approximate surface area is 86.9 Å². The van der Waals surface area contributed by atoms with Gasteiger partial charge in [0.25, 0.3) is 0 Å². The molecule has 0 aliphatic carbocycles. The van der Waals surface area contributed by atoms with Crippen LogP contribution >= 0.6 is 0 Å². The fourth-order valence-electron chi connectivity index (χ4n) is 0.921. The van der Waals surface area contributed by atoms with E-state index in [1.165, 1.54) is 0 Å². The fraction of sp³-hybridized carbons (Fsp3) is 0.500. The van der Waals surface area contributed by atoms with Crippen molar-refractivity contribution in [3.63, 3.8) is 0 Å². The van der Waals surface area contributed by atoms with Gasteiger partial charge in [0.15, 0.2) is 0 Å². The Balaban J connectivity index is 2.87. The van der Waals surface area contributed by atoms with Crippen molar-refractivity contribution in [2.75, 3.05) is 11.1 Å². The first-order valence-electron chi connectivity index (χ1n) is 4.58. The van der Waals surface area contributed by atoms with Crippen molar-refractivity contribution in [2.45, 2.75) is 26.3 Å². The van der Waals surface area contributed by atoms with Gasteiger partial charge in [-0.05, 0) is 13.3 Å². The van der Waals surface area contributed by atoms with Crippen LogP contribution in [0.2, 0.25) is 0 Å². The van der Waals surface area contributed by atoms with Gasteiger partial charge in [0.05, 0.1) is 4.92 Å². The lowest BCUT2D eigenvalue weighted by molar-refractivity contribution is -0.384. The van der Waals surface area contributed by atoms with E-state index < -0.39 is 4.92 Å². The predicted octanol–water partition coefficient (Wildman–Crippen LogP) is 1.18. The SMILES string of the molecule is CCC(C)Nc1ncc([N+](=O)[O-])c(N)n1. The van der Waals surface area contributed by atoms with E-state index in [0.717, 1.165) is 12.6 Å². The molecule has 15 heavy (non-hydrogen) atoms. The Morgan fingerprint density at radius 1 is 1.73 bits per heavy atom. The van der Waals surface area contributed by atoms with Crippen LogP contribution in [0.1, 0.15) is 20.3 Å². The fourth-order valence-corrected chi connectivity index (χ4v) is 0.921. The molecule has 0 amide bonds. The van der Waals surface area contributed by atoms with Gasteiger partial charge in [-0.15, -0.1) is 0 Å². The van der Waals surface area contributed by atoms with Gasteiger partial charge < -0.3 is 11.1 Å². The maximum absolute atomic E-state index is 10.4. The molecule has 82 valence electrons. The standard InChI is InChI=1S/C8H13N5O2/c1-3-5(2)11-8-10-4-6(13(14)15)7(9)12-8/h4-5H,3H2,1-2H3,(H3,9,10,11,12). The molecule has 0 aliphatic heterocycles. The third kappa shape index (κ3) is 2.76. The highest BCUT2D eigenvalue weighted by atomic mass is 16.6. The van der Waals surface area contributed by atoms with E-state index in [-0.39, 0.29) is 17.5 Å². The summed E-state index contributed by atoms with van der Waals surface area (Å²) >= 11 is 0. The molecule has 1 aromatic heterocycles. The Kier molecular flexibility index (Phi) is 3.37. The number of rotatable bonds is 4. The lowest BCUT2D eigenvalue weighted by Gasteiger charge is -2.10. The number of nitrogen functional groups attached to an aromatic ring is 1. The van der Waals surface area contributed by atoms with Crippen molar-refractivity contribution < 1.29 is 4.92 Å². The van der Waals surface area contributed by atoms with Gasteiger partial charge in [-0.1, -0.05) is 6.92 Å². The highest BCUT2D eigenvalue weighted by molar-refractivity contribution is 5.53. The van der Waals surface area contributed by atoms with E-state index in [1.807, 2.05) is 13.8 Å². The summed E-state index contributed by atoms with van der Waals surface area (Å²) in [5.74, 6) is 0.188. The molecule has 1 unspecified atom stereocenters. The Morgan fingerprint density at radius 2 is 2.40 bits per heavy atom. The number of hydrogen-bond donors (Lipinski definition) is 2. The molecule has 0 saturated carbocycles. The summed E-state index contributed by atoms with van der Waals surface area (Å²) in [5, 5.41) is 13.4. The van der Waals surface area contributed by atoms with Crippen LogP contribution < -0.4 is 11.1 Å². The number of nitrogens with zero attached hydrogens (tertiary/aromatic N) is 3. The molecule has 0 spiro atoms. The van der Waals surface area contributed by atoms with Crippen LogP contribution in [-0.4, -0.2) is 20.9 Å². The van der Waals surface area contributed by atoms with Crippen LogP contribution in [0.25, 0.3) is 0 Å². The van der Waals surface area contributed by atoms with Crippen molar-refractivity contribution in [3.05, 3.63) is 16.3 Å². The highest BCUT2D eigenvalue weighted by Crippen LogP contribution is 2.18. The summed E-state index contributed by atoms with van der Waals surface area (Å²) in [7, 11) is 0. The number of nitrogens with one attached hydrogen (secondary N) is 1. The zero-order chi connectivity index (χ0) is 11.4. The number of hydrogen-bond acceptors (Lipinski definition) is 6. The van der Waals surface area contributed by atoms with Gasteiger partial charge in [0.1, 0.15) is 6.20 Å². The Morgan fingerprint density at radius 3 is 2.87 bits per heavy atom. The van der Waals surface area contributed by atoms with Gasteiger partial charge in [-0.3, -0.25) is 10.1 Å². The molecular weight excluding hydrogens is 198 g/mol. The summed E-state index contributed by atoms with van der Waals surface area (Å²) in [6, 6.07) is 0.200. The highest BCUT2D eigenvalue weighted by Gasteiger charge is 2.14. The predicted molar refractivity (Wildman–Crippen MR) is 56.5 cm³/mol. The molecular formula is C8H13N5O2. The zero-order valence-corrected chi connectivity index (χ0v) is 8.60. The first kappa shape index (κ1) is 11.2. The molecule has 7 nitrogen and oxygen atoms in total. The van der Waals surface area contributed by atoms with Crippen molar-refractivity contribution in [1.29, 1.82) is 0 Å². The maximum Gasteiger partial charge on any atom is 0.329 e. The molecule has 0 saturated heterocycles. The largest absolute Gasteiger partial charge is 0.378 e. The molecule has 0 fully saturated rings. The Bertz CT molecular complexity index is 368. The molecule has 1 rings (SSSR count). The van der Waals surface area contributed by atoms with Gasteiger partial charge >= 0.3 is 5.69 Å². The lowest BCUT2D eigenvalue weighted by atomic mass is 10.3. The number of anilines is 2.